The molecule has 1 aliphatic rings. The van der Waals surface area contributed by atoms with Crippen LogP contribution in [-0.4, -0.2) is 11.5 Å². The minimum absolute atomic E-state index is 0.169. The molecule has 2 aromatic rings. The van der Waals surface area contributed by atoms with E-state index in [1.807, 2.05) is 6.07 Å². The molecule has 0 radical (unpaired) electrons. The Kier molecular flexibility index (Phi) is 1.83. The molecule has 0 aliphatic heterocycles. The van der Waals surface area contributed by atoms with Gasteiger partial charge in [0.1, 0.15) is 5.82 Å². The number of halogens is 1. The molecule has 1 aliphatic carbocycles. The number of nitrogens with two attached hydrogens (primary N) is 1. The third-order valence-corrected chi connectivity index (χ3v) is 3.36. The van der Waals surface area contributed by atoms with Crippen LogP contribution in [-0.2, 0) is 6.42 Å². The maximum atomic E-state index is 13.5. The maximum absolute atomic E-state index is 13.5. The van der Waals surface area contributed by atoms with Crippen LogP contribution in [0.3, 0.4) is 0 Å². The third-order valence-electron chi connectivity index (χ3n) is 3.36. The average Bonchev–Trinajstić information content (AvgIpc) is 2.77. The van der Waals surface area contributed by atoms with Crippen LogP contribution in [0.2, 0.25) is 0 Å². The van der Waals surface area contributed by atoms with Gasteiger partial charge in [0.15, 0.2) is 0 Å². The number of hydrogen-bond donors (Lipinski definition) is 2. The van der Waals surface area contributed by atoms with Gasteiger partial charge in [-0.1, -0.05) is 12.1 Å². The van der Waals surface area contributed by atoms with Crippen molar-refractivity contribution in [1.29, 1.82) is 0 Å². The van der Waals surface area contributed by atoms with E-state index in [1.165, 1.54) is 11.6 Å². The lowest BCUT2D eigenvalue weighted by molar-refractivity contribution is 0.634. The number of aromatic nitrogens is 1. The minimum atomic E-state index is -0.169. The number of nitrogens with one attached hydrogen (secondary N) is 1. The van der Waals surface area contributed by atoms with E-state index >= 15 is 0 Å². The molecule has 0 amide bonds. The van der Waals surface area contributed by atoms with Crippen LogP contribution in [0.25, 0.3) is 10.9 Å². The summed E-state index contributed by atoms with van der Waals surface area (Å²) >= 11 is 0. The van der Waals surface area contributed by atoms with Crippen molar-refractivity contribution >= 4 is 10.9 Å². The fourth-order valence-electron chi connectivity index (χ4n) is 2.57. The predicted octanol–water partition coefficient (Wildman–Crippen LogP) is 2.30. The van der Waals surface area contributed by atoms with E-state index < -0.39 is 0 Å². The first-order valence-corrected chi connectivity index (χ1v) is 5.30. The Morgan fingerprint density at radius 1 is 1.47 bits per heavy atom. The lowest BCUT2D eigenvalue weighted by Gasteiger charge is -2.04. The quantitative estimate of drug-likeness (QED) is 0.735. The topological polar surface area (TPSA) is 41.8 Å². The summed E-state index contributed by atoms with van der Waals surface area (Å²) in [5, 5.41) is 1.03. The highest BCUT2D eigenvalue weighted by Crippen LogP contribution is 2.37. The second-order valence-electron chi connectivity index (χ2n) is 4.15. The summed E-state index contributed by atoms with van der Waals surface area (Å²) < 4.78 is 13.5. The van der Waals surface area contributed by atoms with Crippen LogP contribution < -0.4 is 5.73 Å². The van der Waals surface area contributed by atoms with Gasteiger partial charge in [0.2, 0.25) is 0 Å². The van der Waals surface area contributed by atoms with Crippen LogP contribution in [0.4, 0.5) is 4.39 Å². The zero-order chi connectivity index (χ0) is 10.4. The number of para-hydroxylation sites is 1. The van der Waals surface area contributed by atoms with Gasteiger partial charge in [0.25, 0.3) is 0 Å². The van der Waals surface area contributed by atoms with E-state index in [1.54, 1.807) is 6.07 Å². The summed E-state index contributed by atoms with van der Waals surface area (Å²) in [6.07, 6.45) is 2.10. The number of hydrogen-bond acceptors (Lipinski definition) is 1. The molecular weight excluding hydrogens is 191 g/mol. The first-order valence-electron chi connectivity index (χ1n) is 5.30. The molecule has 3 heteroatoms. The van der Waals surface area contributed by atoms with Crippen molar-refractivity contribution in [1.82, 2.24) is 4.98 Å². The highest BCUT2D eigenvalue weighted by molar-refractivity contribution is 5.86. The summed E-state index contributed by atoms with van der Waals surface area (Å²) in [4.78, 5) is 3.19. The Morgan fingerprint density at radius 2 is 2.33 bits per heavy atom. The molecule has 3 N–H and O–H groups in total. The molecule has 15 heavy (non-hydrogen) atoms. The van der Waals surface area contributed by atoms with Crippen molar-refractivity contribution in [3.63, 3.8) is 0 Å². The van der Waals surface area contributed by atoms with Crippen LogP contribution >= 0.6 is 0 Å². The average molecular weight is 204 g/mol. The molecule has 78 valence electrons. The zero-order valence-electron chi connectivity index (χ0n) is 8.39. The van der Waals surface area contributed by atoms with Crippen molar-refractivity contribution in [2.24, 2.45) is 5.73 Å². The summed E-state index contributed by atoms with van der Waals surface area (Å²) in [6, 6.07) is 5.24. The molecule has 0 spiro atoms. The number of aryl methyl sites for hydroxylation is 1. The van der Waals surface area contributed by atoms with Crippen molar-refractivity contribution in [3.8, 4) is 0 Å². The van der Waals surface area contributed by atoms with Gasteiger partial charge in [-0.3, -0.25) is 0 Å². The molecule has 1 aromatic heterocycles. The van der Waals surface area contributed by atoms with Gasteiger partial charge < -0.3 is 10.7 Å². The van der Waals surface area contributed by atoms with Gasteiger partial charge in [-0.2, -0.15) is 0 Å². The maximum Gasteiger partial charge on any atom is 0.147 e. The Bertz CT molecular complexity index is 516. The number of benzene rings is 1. The third kappa shape index (κ3) is 1.13. The van der Waals surface area contributed by atoms with Crippen LogP contribution in [0, 0.1) is 5.82 Å². The van der Waals surface area contributed by atoms with Crippen molar-refractivity contribution in [2.45, 2.75) is 18.8 Å². The van der Waals surface area contributed by atoms with Crippen molar-refractivity contribution in [2.75, 3.05) is 6.54 Å². The second kappa shape index (κ2) is 3.07. The van der Waals surface area contributed by atoms with Crippen LogP contribution in [0.15, 0.2) is 18.2 Å². The van der Waals surface area contributed by atoms with E-state index in [2.05, 4.69) is 4.98 Å². The Morgan fingerprint density at radius 3 is 3.13 bits per heavy atom. The number of rotatable bonds is 1. The van der Waals surface area contributed by atoms with Crippen molar-refractivity contribution < 1.29 is 4.39 Å². The molecule has 1 atom stereocenters. The normalized spacial score (nSPS) is 19.7. The first kappa shape index (κ1) is 8.92. The molecule has 0 saturated heterocycles. The summed E-state index contributed by atoms with van der Waals surface area (Å²) in [5.74, 6) is 0.212. The minimum Gasteiger partial charge on any atom is -0.355 e. The number of H-pyrrole nitrogens is 1. The molecule has 2 nitrogen and oxygen atoms in total. The molecule has 0 saturated carbocycles. The lowest BCUT2D eigenvalue weighted by atomic mass is 10.1. The van der Waals surface area contributed by atoms with Gasteiger partial charge in [0, 0.05) is 23.5 Å². The van der Waals surface area contributed by atoms with E-state index in [9.17, 15) is 4.39 Å². The fraction of sp³-hybridized carbons (Fsp3) is 0.333. The van der Waals surface area contributed by atoms with Gasteiger partial charge in [-0.05, 0) is 24.5 Å². The van der Waals surface area contributed by atoms with Gasteiger partial charge in [0.05, 0.1) is 5.52 Å². The van der Waals surface area contributed by atoms with E-state index in [0.717, 1.165) is 23.9 Å². The Balaban J connectivity index is 2.29. The summed E-state index contributed by atoms with van der Waals surface area (Å²) in [6.45, 7) is 0.640. The summed E-state index contributed by atoms with van der Waals surface area (Å²) in [7, 11) is 0. The molecular formula is C12H13FN2. The monoisotopic (exact) mass is 204 g/mol. The van der Waals surface area contributed by atoms with E-state index in [0.29, 0.717) is 18.0 Å². The highest BCUT2D eigenvalue weighted by atomic mass is 19.1. The highest BCUT2D eigenvalue weighted by Gasteiger charge is 2.25. The molecule has 1 aromatic carbocycles. The van der Waals surface area contributed by atoms with Gasteiger partial charge in [-0.25, -0.2) is 4.39 Å². The Labute approximate surface area is 87.3 Å². The zero-order valence-corrected chi connectivity index (χ0v) is 8.39. The SMILES string of the molecule is NCC1CCc2c1[nH]c1c(F)cccc21. The molecule has 0 fully saturated rings. The molecule has 1 heterocycles. The Hall–Kier alpha value is -1.35. The molecule has 1 unspecified atom stereocenters. The number of fused-ring (bicyclic) bond motifs is 3. The van der Waals surface area contributed by atoms with Crippen LogP contribution in [0.5, 0.6) is 0 Å². The lowest BCUT2D eigenvalue weighted by Crippen LogP contribution is -2.09. The first-order chi connectivity index (χ1) is 7.31. The fourth-order valence-corrected chi connectivity index (χ4v) is 2.57. The smallest absolute Gasteiger partial charge is 0.147 e. The van der Waals surface area contributed by atoms with Gasteiger partial charge in [-0.15, -0.1) is 0 Å². The number of aromatic amines is 1. The molecule has 0 bridgehead atoms. The largest absolute Gasteiger partial charge is 0.355 e. The predicted molar refractivity (Wildman–Crippen MR) is 58.4 cm³/mol. The van der Waals surface area contributed by atoms with Gasteiger partial charge >= 0.3 is 0 Å². The summed E-state index contributed by atoms with van der Waals surface area (Å²) in [5.41, 5.74) is 8.75. The van der Waals surface area contributed by atoms with E-state index in [4.69, 9.17) is 5.73 Å². The van der Waals surface area contributed by atoms with Crippen molar-refractivity contribution in [3.05, 3.63) is 35.3 Å². The van der Waals surface area contributed by atoms with Crippen LogP contribution in [0.1, 0.15) is 23.6 Å². The second-order valence-corrected chi connectivity index (χ2v) is 4.15. The van der Waals surface area contributed by atoms with E-state index in [-0.39, 0.29) is 5.82 Å². The molecule has 3 rings (SSSR count). The standard InChI is InChI=1S/C12H13FN2/c13-10-3-1-2-8-9-5-4-7(6-14)11(9)15-12(8)10/h1-3,7,15H,4-6,14H2.